The molecule has 0 fully saturated rings. The average Bonchev–Trinajstić information content (AvgIpc) is 3.37. The van der Waals surface area contributed by atoms with Gasteiger partial charge in [0.15, 0.2) is 11.5 Å². The molecule has 0 bridgehead atoms. The molecule has 8 heteroatoms. The number of hydrazone groups is 1. The fraction of sp³-hybridized carbons (Fsp3) is 0.121. The molecule has 0 atom stereocenters. The Morgan fingerprint density at radius 3 is 2.44 bits per heavy atom. The van der Waals surface area contributed by atoms with Gasteiger partial charge < -0.3 is 19.2 Å². The molecule has 0 spiro atoms. The zero-order valence-corrected chi connectivity index (χ0v) is 22.9. The van der Waals surface area contributed by atoms with Crippen LogP contribution in [0, 0.1) is 6.92 Å². The van der Waals surface area contributed by atoms with Crippen molar-refractivity contribution in [2.45, 2.75) is 13.8 Å². The first kappa shape index (κ1) is 27.2. The zero-order chi connectivity index (χ0) is 28.8. The molecule has 5 rings (SSSR count). The molecule has 0 aliphatic carbocycles. The summed E-state index contributed by atoms with van der Waals surface area (Å²) in [5.74, 6) is 0.397. The Hall–Kier alpha value is -5.37. The third kappa shape index (κ3) is 6.12. The minimum atomic E-state index is -0.523. The van der Waals surface area contributed by atoms with Crippen LogP contribution in [0.2, 0.25) is 0 Å². The van der Waals surface area contributed by atoms with E-state index in [9.17, 15) is 9.59 Å². The molecule has 206 valence electrons. The number of fused-ring (bicyclic) bond motifs is 1. The summed E-state index contributed by atoms with van der Waals surface area (Å²) in [5.41, 5.74) is 7.78. The number of carbonyl (C=O) groups is 2. The smallest absolute Gasteiger partial charge is 0.343 e. The largest absolute Gasteiger partial charge is 0.497 e. The predicted octanol–water partition coefficient (Wildman–Crippen LogP) is 6.53. The summed E-state index contributed by atoms with van der Waals surface area (Å²) in [4.78, 5) is 29.2. The van der Waals surface area contributed by atoms with Crippen LogP contribution in [0.4, 0.5) is 0 Å². The number of nitrogens with zero attached hydrogens (tertiary/aromatic N) is 1. The van der Waals surface area contributed by atoms with Gasteiger partial charge in [-0.05, 0) is 79.6 Å². The van der Waals surface area contributed by atoms with Gasteiger partial charge in [0.1, 0.15) is 11.4 Å². The number of aromatic amines is 1. The van der Waals surface area contributed by atoms with Crippen LogP contribution >= 0.6 is 0 Å². The van der Waals surface area contributed by atoms with E-state index in [1.165, 1.54) is 6.21 Å². The Labute approximate surface area is 237 Å². The number of H-pyrrole nitrogens is 1. The van der Waals surface area contributed by atoms with Crippen LogP contribution < -0.4 is 19.6 Å². The van der Waals surface area contributed by atoms with E-state index >= 15 is 0 Å². The van der Waals surface area contributed by atoms with Crippen LogP contribution in [0.5, 0.6) is 17.2 Å². The summed E-state index contributed by atoms with van der Waals surface area (Å²) in [5, 5.41) is 5.14. The van der Waals surface area contributed by atoms with Gasteiger partial charge >= 0.3 is 5.97 Å². The summed E-state index contributed by atoms with van der Waals surface area (Å²) < 4.78 is 16.4. The zero-order valence-electron chi connectivity index (χ0n) is 22.9. The topological polar surface area (TPSA) is 102 Å². The van der Waals surface area contributed by atoms with Gasteiger partial charge in [0.05, 0.1) is 25.5 Å². The Kier molecular flexibility index (Phi) is 8.10. The molecule has 0 unspecified atom stereocenters. The first-order chi connectivity index (χ1) is 20.0. The molecular weight excluding hydrogens is 518 g/mol. The van der Waals surface area contributed by atoms with Crippen molar-refractivity contribution < 1.29 is 23.8 Å². The van der Waals surface area contributed by atoms with Gasteiger partial charge in [0, 0.05) is 16.5 Å². The van der Waals surface area contributed by atoms with E-state index < -0.39 is 5.97 Å². The summed E-state index contributed by atoms with van der Waals surface area (Å²) in [6.07, 6.45) is 1.50. The lowest BCUT2D eigenvalue weighted by molar-refractivity contribution is 0.0728. The van der Waals surface area contributed by atoms with Crippen molar-refractivity contribution in [2.24, 2.45) is 5.10 Å². The monoisotopic (exact) mass is 547 g/mol. The molecule has 4 aromatic carbocycles. The average molecular weight is 548 g/mol. The van der Waals surface area contributed by atoms with Crippen molar-refractivity contribution >= 4 is 29.0 Å². The highest BCUT2D eigenvalue weighted by atomic mass is 16.6. The van der Waals surface area contributed by atoms with Crippen LogP contribution in [-0.2, 0) is 0 Å². The highest BCUT2D eigenvalue weighted by Crippen LogP contribution is 2.33. The molecule has 0 saturated carbocycles. The van der Waals surface area contributed by atoms with Crippen molar-refractivity contribution in [2.75, 3.05) is 13.7 Å². The molecule has 1 heterocycles. The number of esters is 1. The van der Waals surface area contributed by atoms with Gasteiger partial charge in [0.25, 0.3) is 5.91 Å². The van der Waals surface area contributed by atoms with Crippen LogP contribution in [0.15, 0.2) is 96.1 Å². The number of benzene rings is 4. The fourth-order valence-electron chi connectivity index (χ4n) is 4.45. The van der Waals surface area contributed by atoms with E-state index in [2.05, 4.69) is 21.6 Å². The normalized spacial score (nSPS) is 11.0. The molecule has 0 radical (unpaired) electrons. The van der Waals surface area contributed by atoms with Crippen molar-refractivity contribution in [3.63, 3.8) is 0 Å². The van der Waals surface area contributed by atoms with Crippen LogP contribution in [0.25, 0.3) is 22.0 Å². The van der Waals surface area contributed by atoms with Gasteiger partial charge in [0.2, 0.25) is 0 Å². The molecule has 0 aliphatic heterocycles. The number of amides is 1. The third-order valence-corrected chi connectivity index (χ3v) is 6.42. The van der Waals surface area contributed by atoms with E-state index in [0.29, 0.717) is 34.9 Å². The van der Waals surface area contributed by atoms with Crippen LogP contribution in [0.3, 0.4) is 0 Å². The van der Waals surface area contributed by atoms with Crippen LogP contribution in [-0.4, -0.2) is 36.8 Å². The Morgan fingerprint density at radius 2 is 1.71 bits per heavy atom. The second-order valence-corrected chi connectivity index (χ2v) is 9.25. The maximum Gasteiger partial charge on any atom is 0.343 e. The number of rotatable bonds is 9. The van der Waals surface area contributed by atoms with E-state index in [0.717, 1.165) is 27.6 Å². The van der Waals surface area contributed by atoms with Crippen LogP contribution in [0.1, 0.15) is 38.9 Å². The first-order valence-corrected chi connectivity index (χ1v) is 13.1. The number of nitrogens with one attached hydrogen (secondary N) is 2. The Balaban J connectivity index is 1.34. The lowest BCUT2D eigenvalue weighted by Gasteiger charge is -2.11. The molecule has 2 N–H and O–H groups in total. The summed E-state index contributed by atoms with van der Waals surface area (Å²) >= 11 is 0. The fourth-order valence-corrected chi connectivity index (χ4v) is 4.45. The second-order valence-electron chi connectivity index (χ2n) is 9.25. The number of aryl methyl sites for hydroxylation is 1. The second kappa shape index (κ2) is 12.2. The van der Waals surface area contributed by atoms with E-state index in [4.69, 9.17) is 14.2 Å². The highest BCUT2D eigenvalue weighted by Gasteiger charge is 2.19. The van der Waals surface area contributed by atoms with Gasteiger partial charge in [-0.3, -0.25) is 4.79 Å². The van der Waals surface area contributed by atoms with E-state index in [1.807, 2.05) is 56.3 Å². The Morgan fingerprint density at radius 1 is 0.927 bits per heavy atom. The Bertz CT molecular complexity index is 1720. The minimum absolute atomic E-state index is 0.273. The maximum absolute atomic E-state index is 13.3. The first-order valence-electron chi connectivity index (χ1n) is 13.1. The SMILES string of the molecule is CCOc1cc(C=NNC(=O)c2[nH]c3ccc(C)cc3c2-c2ccccc2)ccc1OC(=O)c1ccc(OC)cc1. The number of carbonyl (C=O) groups excluding carboxylic acids is 2. The maximum atomic E-state index is 13.3. The number of hydrogen-bond acceptors (Lipinski definition) is 6. The minimum Gasteiger partial charge on any atom is -0.497 e. The molecule has 0 saturated heterocycles. The third-order valence-electron chi connectivity index (χ3n) is 6.42. The van der Waals surface area contributed by atoms with E-state index in [1.54, 1.807) is 49.6 Å². The van der Waals surface area contributed by atoms with Crippen molar-refractivity contribution in [1.82, 2.24) is 10.4 Å². The summed E-state index contributed by atoms with van der Waals surface area (Å²) in [7, 11) is 1.56. The lowest BCUT2D eigenvalue weighted by atomic mass is 10.0. The molecule has 5 aromatic rings. The van der Waals surface area contributed by atoms with Crippen molar-refractivity contribution in [1.29, 1.82) is 0 Å². The molecule has 1 amide bonds. The molecular formula is C33H29N3O5. The van der Waals surface area contributed by atoms with Gasteiger partial charge in [-0.15, -0.1) is 0 Å². The number of aromatic nitrogens is 1. The lowest BCUT2D eigenvalue weighted by Crippen LogP contribution is -2.18. The number of ether oxygens (including phenoxy) is 3. The number of methoxy groups -OCH3 is 1. The molecule has 0 aliphatic rings. The van der Waals surface area contributed by atoms with Crippen molar-refractivity contribution in [3.8, 4) is 28.4 Å². The highest BCUT2D eigenvalue weighted by molar-refractivity contribution is 6.10. The number of hydrogen-bond donors (Lipinski definition) is 2. The van der Waals surface area contributed by atoms with Gasteiger partial charge in [-0.25, -0.2) is 10.2 Å². The van der Waals surface area contributed by atoms with Gasteiger partial charge in [-0.2, -0.15) is 5.10 Å². The molecule has 8 nitrogen and oxygen atoms in total. The quantitative estimate of drug-likeness (QED) is 0.0945. The standard InChI is InChI=1S/C33H29N3O5/c1-4-40-29-19-22(11-17-28(29)41-33(38)24-12-14-25(39-3)15-13-24)20-34-36-32(37)31-30(23-8-6-5-7-9-23)26-18-21(2)10-16-27(26)35-31/h5-20,35H,4H2,1-3H3,(H,36,37). The molecule has 1 aromatic heterocycles. The van der Waals surface area contributed by atoms with E-state index in [-0.39, 0.29) is 11.7 Å². The van der Waals surface area contributed by atoms with Gasteiger partial charge in [-0.1, -0.05) is 42.0 Å². The summed E-state index contributed by atoms with van der Waals surface area (Å²) in [6.45, 7) is 4.22. The predicted molar refractivity (Wildman–Crippen MR) is 159 cm³/mol. The summed E-state index contributed by atoms with van der Waals surface area (Å²) in [6, 6.07) is 27.5. The molecule has 41 heavy (non-hydrogen) atoms. The van der Waals surface area contributed by atoms with Crippen molar-refractivity contribution in [3.05, 3.63) is 113 Å².